The number of rotatable bonds is 11. The van der Waals surface area contributed by atoms with Gasteiger partial charge in [0.15, 0.2) is 0 Å². The Balaban J connectivity index is 1.31. The lowest BCUT2D eigenvalue weighted by Gasteiger charge is -2.22. The van der Waals surface area contributed by atoms with Crippen molar-refractivity contribution < 1.29 is 19.1 Å². The highest BCUT2D eigenvalue weighted by molar-refractivity contribution is 7.51. The quantitative estimate of drug-likeness (QED) is 0.185. The lowest BCUT2D eigenvalue weighted by atomic mass is 9.95. The van der Waals surface area contributed by atoms with Gasteiger partial charge in [-0.15, -0.1) is 0 Å². The zero-order chi connectivity index (χ0) is 25.7. The number of aromatic nitrogens is 1. The molecule has 1 aliphatic rings. The van der Waals surface area contributed by atoms with Crippen LogP contribution >= 0.6 is 7.60 Å². The number of hydrogen-bond acceptors (Lipinski definition) is 5. The number of nitrogens with two attached hydrogens (primary N) is 1. The third-order valence-electron chi connectivity index (χ3n) is 6.69. The third kappa shape index (κ3) is 6.88. The molecule has 5 N–H and O–H groups in total. The molecular formula is C28H36N3O4P. The molecule has 0 aliphatic carbocycles. The first-order valence-electron chi connectivity index (χ1n) is 12.6. The van der Waals surface area contributed by atoms with Crippen molar-refractivity contribution in [2.75, 3.05) is 30.4 Å². The van der Waals surface area contributed by atoms with Gasteiger partial charge >= 0.3 is 7.60 Å². The van der Waals surface area contributed by atoms with E-state index in [0.717, 1.165) is 66.6 Å². The number of benzene rings is 2. The summed E-state index contributed by atoms with van der Waals surface area (Å²) in [6.07, 6.45) is 7.28. The largest absolute Gasteiger partial charge is 0.494 e. The van der Waals surface area contributed by atoms with E-state index in [1.807, 2.05) is 6.07 Å². The number of nitrogen functional groups attached to an aromatic ring is 1. The molecule has 0 saturated carbocycles. The van der Waals surface area contributed by atoms with Crippen LogP contribution < -0.4 is 15.8 Å². The van der Waals surface area contributed by atoms with Crippen LogP contribution in [-0.4, -0.2) is 34.1 Å². The van der Waals surface area contributed by atoms with E-state index >= 15 is 0 Å². The highest BCUT2D eigenvalue weighted by Crippen LogP contribution is 2.36. The molecule has 3 aromatic rings. The molecule has 0 bridgehead atoms. The third-order valence-corrected chi connectivity index (χ3v) is 7.59. The van der Waals surface area contributed by atoms with Crippen molar-refractivity contribution in [3.05, 3.63) is 64.2 Å². The minimum absolute atomic E-state index is 0.0322. The molecule has 2 aromatic carbocycles. The van der Waals surface area contributed by atoms with E-state index in [2.05, 4.69) is 60.6 Å². The summed E-state index contributed by atoms with van der Waals surface area (Å²) >= 11 is 0. The Morgan fingerprint density at radius 1 is 1.06 bits per heavy atom. The molecular weight excluding hydrogens is 473 g/mol. The van der Waals surface area contributed by atoms with Crippen LogP contribution in [0.3, 0.4) is 0 Å². The zero-order valence-corrected chi connectivity index (χ0v) is 22.0. The summed E-state index contributed by atoms with van der Waals surface area (Å²) in [6.45, 7) is 5.56. The molecule has 8 heteroatoms. The van der Waals surface area contributed by atoms with Crippen LogP contribution in [-0.2, 0) is 11.0 Å². The maximum Gasteiger partial charge on any atom is 0.325 e. The minimum Gasteiger partial charge on any atom is -0.494 e. The van der Waals surface area contributed by atoms with E-state index in [1.54, 1.807) is 0 Å². The number of ether oxygens (including phenoxy) is 1. The van der Waals surface area contributed by atoms with Crippen LogP contribution in [0.4, 0.5) is 11.5 Å². The summed E-state index contributed by atoms with van der Waals surface area (Å²) in [6, 6.07) is 12.6. The second-order valence-corrected chi connectivity index (χ2v) is 11.5. The predicted octanol–water partition coefficient (Wildman–Crippen LogP) is 5.99. The lowest BCUT2D eigenvalue weighted by molar-refractivity contribution is 0.304. The maximum atomic E-state index is 10.9. The fourth-order valence-corrected chi connectivity index (χ4v) is 5.31. The molecule has 0 fully saturated rings. The van der Waals surface area contributed by atoms with Crippen molar-refractivity contribution in [1.29, 1.82) is 0 Å². The van der Waals surface area contributed by atoms with E-state index in [9.17, 15) is 4.57 Å². The fourth-order valence-electron chi connectivity index (χ4n) is 4.67. The maximum absolute atomic E-state index is 10.9. The SMILES string of the molecule is Cc1ccc2c3c(c(N)nc2c1)NCC(CCc1ccc(OCCCCCCP(=O)(O)O)cc1C)=C3. The summed E-state index contributed by atoms with van der Waals surface area (Å²) in [4.78, 5) is 22.4. The van der Waals surface area contributed by atoms with Crippen molar-refractivity contribution in [2.24, 2.45) is 0 Å². The van der Waals surface area contributed by atoms with Crippen molar-refractivity contribution in [3.8, 4) is 5.75 Å². The monoisotopic (exact) mass is 509 g/mol. The molecule has 0 atom stereocenters. The Bertz CT molecular complexity index is 1320. The topological polar surface area (TPSA) is 118 Å². The molecule has 0 amide bonds. The summed E-state index contributed by atoms with van der Waals surface area (Å²) < 4.78 is 16.8. The van der Waals surface area contributed by atoms with Crippen LogP contribution in [0.1, 0.15) is 54.4 Å². The molecule has 2 heterocycles. The summed E-state index contributed by atoms with van der Waals surface area (Å²) in [5.74, 6) is 1.41. The Morgan fingerprint density at radius 3 is 2.64 bits per heavy atom. The van der Waals surface area contributed by atoms with Crippen molar-refractivity contribution in [3.63, 3.8) is 0 Å². The summed E-state index contributed by atoms with van der Waals surface area (Å²) in [7, 11) is -3.87. The van der Waals surface area contributed by atoms with Gasteiger partial charge in [0.25, 0.3) is 0 Å². The van der Waals surface area contributed by atoms with E-state index in [4.69, 9.17) is 20.3 Å². The van der Waals surface area contributed by atoms with Crippen LogP contribution in [0.15, 0.2) is 42.0 Å². The number of nitrogens with one attached hydrogen (secondary N) is 1. The second kappa shape index (κ2) is 11.5. The number of anilines is 2. The van der Waals surface area contributed by atoms with Gasteiger partial charge in [-0.3, -0.25) is 4.57 Å². The van der Waals surface area contributed by atoms with Gasteiger partial charge < -0.3 is 25.6 Å². The summed E-state index contributed by atoms with van der Waals surface area (Å²) in [5.41, 5.74) is 14.3. The molecule has 1 aliphatic heterocycles. The predicted molar refractivity (Wildman–Crippen MR) is 148 cm³/mol. The van der Waals surface area contributed by atoms with Gasteiger partial charge in [0.05, 0.1) is 17.8 Å². The van der Waals surface area contributed by atoms with E-state index in [-0.39, 0.29) is 6.16 Å². The van der Waals surface area contributed by atoms with Crippen molar-refractivity contribution in [2.45, 2.75) is 52.4 Å². The second-order valence-electron chi connectivity index (χ2n) is 9.70. The number of fused-ring (bicyclic) bond motifs is 3. The molecule has 36 heavy (non-hydrogen) atoms. The van der Waals surface area contributed by atoms with Gasteiger partial charge in [-0.2, -0.15) is 0 Å². The number of hydrogen-bond donors (Lipinski definition) is 4. The highest BCUT2D eigenvalue weighted by Gasteiger charge is 2.17. The van der Waals surface area contributed by atoms with E-state index < -0.39 is 7.60 Å². The van der Waals surface area contributed by atoms with Gasteiger partial charge in [0.2, 0.25) is 0 Å². The molecule has 4 rings (SSSR count). The highest BCUT2D eigenvalue weighted by atomic mass is 31.2. The number of pyridine rings is 1. The van der Waals surface area contributed by atoms with Gasteiger partial charge in [-0.05, 0) is 74.4 Å². The fraction of sp³-hybridized carbons (Fsp3) is 0.393. The number of nitrogens with zero attached hydrogens (tertiary/aromatic N) is 1. The van der Waals surface area contributed by atoms with E-state index in [1.165, 1.54) is 22.3 Å². The smallest absolute Gasteiger partial charge is 0.325 e. The Morgan fingerprint density at radius 2 is 1.86 bits per heavy atom. The average Bonchev–Trinajstić information content (AvgIpc) is 2.82. The summed E-state index contributed by atoms with van der Waals surface area (Å²) in [5, 5.41) is 4.60. The Hall–Kier alpha value is -2.86. The Kier molecular flexibility index (Phi) is 8.35. The van der Waals surface area contributed by atoms with Crippen LogP contribution in [0, 0.1) is 13.8 Å². The zero-order valence-electron chi connectivity index (χ0n) is 21.1. The first-order valence-corrected chi connectivity index (χ1v) is 14.4. The molecule has 0 unspecified atom stereocenters. The Labute approximate surface area is 212 Å². The molecule has 1 aromatic heterocycles. The van der Waals surface area contributed by atoms with Crippen LogP contribution in [0.25, 0.3) is 17.0 Å². The molecule has 7 nitrogen and oxygen atoms in total. The average molecular weight is 510 g/mol. The van der Waals surface area contributed by atoms with Gasteiger partial charge in [-0.25, -0.2) is 4.98 Å². The minimum atomic E-state index is -3.87. The van der Waals surface area contributed by atoms with Crippen molar-refractivity contribution >= 4 is 36.1 Å². The first-order chi connectivity index (χ1) is 17.2. The van der Waals surface area contributed by atoms with Crippen LogP contribution in [0.2, 0.25) is 0 Å². The molecule has 192 valence electrons. The standard InChI is InChI=1S/C28H36N3O4P/c1-19-7-12-24-25-17-21(18-30-27(25)28(29)31-26(24)15-19)8-9-22-10-11-23(16-20(22)2)35-13-5-3-4-6-14-36(32,33)34/h7,10-12,15-17,30H,3-6,8-9,13-14,18H2,1-2H3,(H2,29,31)(H2,32,33,34). The first kappa shape index (κ1) is 26.2. The van der Waals surface area contributed by atoms with Gasteiger partial charge in [0, 0.05) is 23.7 Å². The van der Waals surface area contributed by atoms with E-state index in [0.29, 0.717) is 18.8 Å². The lowest BCUT2D eigenvalue weighted by Crippen LogP contribution is -2.14. The van der Waals surface area contributed by atoms with Crippen LogP contribution in [0.5, 0.6) is 5.75 Å². The number of aryl methyl sites for hydroxylation is 3. The molecule has 0 spiro atoms. The molecule has 0 saturated heterocycles. The van der Waals surface area contributed by atoms with Gasteiger partial charge in [0.1, 0.15) is 11.6 Å². The van der Waals surface area contributed by atoms with Crippen molar-refractivity contribution in [1.82, 2.24) is 4.98 Å². The normalized spacial score (nSPS) is 13.3. The number of unbranched alkanes of at least 4 members (excludes halogenated alkanes) is 3. The molecule has 0 radical (unpaired) electrons. The van der Waals surface area contributed by atoms with Gasteiger partial charge in [-0.1, -0.05) is 42.7 Å².